The van der Waals surface area contributed by atoms with Crippen molar-refractivity contribution in [2.24, 2.45) is 5.92 Å². The molecule has 0 spiro atoms. The first kappa shape index (κ1) is 17.1. The normalized spacial score (nSPS) is 17.3. The van der Waals surface area contributed by atoms with Gasteiger partial charge in [-0.2, -0.15) is 0 Å². The molecule has 3 rings (SSSR count). The highest BCUT2D eigenvalue weighted by atomic mass is 32.2. The van der Waals surface area contributed by atoms with Crippen LogP contribution >= 0.6 is 11.3 Å². The molecule has 0 saturated heterocycles. The summed E-state index contributed by atoms with van der Waals surface area (Å²) < 4.78 is 24.5. The van der Waals surface area contributed by atoms with Crippen molar-refractivity contribution < 1.29 is 13.2 Å². The Kier molecular flexibility index (Phi) is 4.76. The lowest BCUT2D eigenvalue weighted by atomic mass is 9.90. The monoisotopic (exact) mass is 364 g/mol. The van der Waals surface area contributed by atoms with E-state index < -0.39 is 15.9 Å². The predicted octanol–water partition coefficient (Wildman–Crippen LogP) is 2.80. The molecule has 0 bridgehead atoms. The molecule has 1 heterocycles. The van der Waals surface area contributed by atoms with E-state index in [0.29, 0.717) is 10.8 Å². The van der Waals surface area contributed by atoms with E-state index in [9.17, 15) is 13.2 Å². The summed E-state index contributed by atoms with van der Waals surface area (Å²) in [5.74, 6) is 0.209. The van der Waals surface area contributed by atoms with Gasteiger partial charge in [-0.1, -0.05) is 19.1 Å². The number of sulfonamides is 1. The van der Waals surface area contributed by atoms with Crippen LogP contribution in [0.25, 0.3) is 0 Å². The van der Waals surface area contributed by atoms with Gasteiger partial charge < -0.3 is 0 Å². The standard InChI is InChI=1S/C17H20N2O3S2/c1-11-4-3-5-14(9-11)24(21,22)19-18-17(20)16-10-13-8-12(2)6-7-15(13)23-16/h3-5,9-10,12,19H,6-8H2,1-2H3,(H,18,20)/t12-/m0/s1. The van der Waals surface area contributed by atoms with Crippen molar-refractivity contribution in [1.29, 1.82) is 0 Å². The molecule has 128 valence electrons. The molecule has 0 radical (unpaired) electrons. The topological polar surface area (TPSA) is 75.3 Å². The second-order valence-electron chi connectivity index (χ2n) is 6.28. The molecule has 0 fully saturated rings. The maximum atomic E-state index is 12.3. The SMILES string of the molecule is Cc1cccc(S(=O)(=O)NNC(=O)c2cc3c(s2)CC[C@H](C)C3)c1. The maximum absolute atomic E-state index is 12.3. The average Bonchev–Trinajstić information content (AvgIpc) is 2.96. The third-order valence-electron chi connectivity index (χ3n) is 4.15. The first-order valence-electron chi connectivity index (χ1n) is 7.85. The average molecular weight is 364 g/mol. The minimum absolute atomic E-state index is 0.127. The van der Waals surface area contributed by atoms with Gasteiger partial charge >= 0.3 is 0 Å². The van der Waals surface area contributed by atoms with Gasteiger partial charge in [0.05, 0.1) is 9.77 Å². The number of aryl methyl sites for hydroxylation is 2. The summed E-state index contributed by atoms with van der Waals surface area (Å²) in [7, 11) is -3.77. The van der Waals surface area contributed by atoms with Gasteiger partial charge in [-0.15, -0.1) is 16.2 Å². The molecule has 2 N–H and O–H groups in total. The summed E-state index contributed by atoms with van der Waals surface area (Å²) >= 11 is 1.45. The fraction of sp³-hybridized carbons (Fsp3) is 0.353. The minimum Gasteiger partial charge on any atom is -0.273 e. The molecule has 1 aromatic carbocycles. The number of carbonyl (C=O) groups excluding carboxylic acids is 1. The zero-order chi connectivity index (χ0) is 17.3. The van der Waals surface area contributed by atoms with E-state index in [1.54, 1.807) is 12.1 Å². The highest BCUT2D eigenvalue weighted by molar-refractivity contribution is 7.89. The van der Waals surface area contributed by atoms with Crippen molar-refractivity contribution in [3.63, 3.8) is 0 Å². The largest absolute Gasteiger partial charge is 0.276 e. The molecule has 0 saturated carbocycles. The Morgan fingerprint density at radius 1 is 1.29 bits per heavy atom. The molecule has 2 aromatic rings. The molecule has 1 aromatic heterocycles. The van der Waals surface area contributed by atoms with Crippen LogP contribution in [0.4, 0.5) is 0 Å². The zero-order valence-corrected chi connectivity index (χ0v) is 15.3. The van der Waals surface area contributed by atoms with Crippen molar-refractivity contribution in [3.8, 4) is 0 Å². The minimum atomic E-state index is -3.77. The summed E-state index contributed by atoms with van der Waals surface area (Å²) in [6.45, 7) is 4.02. The number of hydrogen-bond acceptors (Lipinski definition) is 4. The van der Waals surface area contributed by atoms with Crippen LogP contribution in [0.3, 0.4) is 0 Å². The van der Waals surface area contributed by atoms with Crippen LogP contribution in [-0.4, -0.2) is 14.3 Å². The van der Waals surface area contributed by atoms with Gasteiger partial charge in [-0.3, -0.25) is 10.2 Å². The number of rotatable bonds is 4. The number of amides is 1. The summed E-state index contributed by atoms with van der Waals surface area (Å²) in [6, 6.07) is 8.41. The lowest BCUT2D eigenvalue weighted by molar-refractivity contribution is 0.0949. The van der Waals surface area contributed by atoms with E-state index in [-0.39, 0.29) is 4.90 Å². The fourth-order valence-electron chi connectivity index (χ4n) is 2.83. The molecule has 1 atom stereocenters. The first-order valence-corrected chi connectivity index (χ1v) is 10.2. The number of thiophene rings is 1. The fourth-order valence-corrected chi connectivity index (χ4v) is 4.88. The third kappa shape index (κ3) is 3.68. The predicted molar refractivity (Wildman–Crippen MR) is 94.5 cm³/mol. The summed E-state index contributed by atoms with van der Waals surface area (Å²) in [5.41, 5.74) is 4.36. The molecule has 1 aliphatic rings. The number of fused-ring (bicyclic) bond motifs is 1. The van der Waals surface area contributed by atoms with Crippen LogP contribution in [0.5, 0.6) is 0 Å². The Morgan fingerprint density at radius 3 is 2.83 bits per heavy atom. The quantitative estimate of drug-likeness (QED) is 0.819. The number of hydrogen-bond donors (Lipinski definition) is 2. The first-order chi connectivity index (χ1) is 11.3. The number of carbonyl (C=O) groups is 1. The van der Waals surface area contributed by atoms with E-state index in [1.165, 1.54) is 27.8 Å². The van der Waals surface area contributed by atoms with E-state index in [2.05, 4.69) is 17.2 Å². The molecule has 1 aliphatic carbocycles. The smallest absolute Gasteiger partial charge is 0.273 e. The van der Waals surface area contributed by atoms with Gasteiger partial charge in [0.1, 0.15) is 0 Å². The highest BCUT2D eigenvalue weighted by Gasteiger charge is 2.22. The van der Waals surface area contributed by atoms with Gasteiger partial charge in [0.25, 0.3) is 15.9 Å². The van der Waals surface area contributed by atoms with Crippen molar-refractivity contribution >= 4 is 27.3 Å². The second kappa shape index (κ2) is 6.66. The Hall–Kier alpha value is -1.70. The summed E-state index contributed by atoms with van der Waals surface area (Å²) in [5, 5.41) is 0. The summed E-state index contributed by atoms with van der Waals surface area (Å²) in [4.78, 5) is 16.3. The molecular formula is C17H20N2O3S2. The highest BCUT2D eigenvalue weighted by Crippen LogP contribution is 2.32. The Bertz CT molecular complexity index is 872. The Balaban J connectivity index is 1.69. The van der Waals surface area contributed by atoms with Gasteiger partial charge in [0, 0.05) is 4.88 Å². The van der Waals surface area contributed by atoms with Crippen molar-refractivity contribution in [1.82, 2.24) is 10.3 Å². The molecule has 24 heavy (non-hydrogen) atoms. The Labute approximate surface area is 146 Å². The van der Waals surface area contributed by atoms with Crippen molar-refractivity contribution in [2.75, 3.05) is 0 Å². The van der Waals surface area contributed by atoms with Gasteiger partial charge in [0.15, 0.2) is 0 Å². The lowest BCUT2D eigenvalue weighted by Gasteiger charge is -2.16. The van der Waals surface area contributed by atoms with E-state index >= 15 is 0 Å². The number of benzene rings is 1. The Morgan fingerprint density at radius 2 is 2.08 bits per heavy atom. The third-order valence-corrected chi connectivity index (χ3v) is 6.63. The van der Waals surface area contributed by atoms with Crippen LogP contribution in [0, 0.1) is 12.8 Å². The van der Waals surface area contributed by atoms with Gasteiger partial charge in [-0.05, 0) is 61.4 Å². The molecule has 5 nitrogen and oxygen atoms in total. The van der Waals surface area contributed by atoms with Crippen LogP contribution in [-0.2, 0) is 22.9 Å². The van der Waals surface area contributed by atoms with Crippen molar-refractivity contribution in [2.45, 2.75) is 38.0 Å². The molecule has 1 amide bonds. The van der Waals surface area contributed by atoms with Crippen molar-refractivity contribution in [3.05, 3.63) is 51.2 Å². The van der Waals surface area contributed by atoms with E-state index in [0.717, 1.165) is 24.8 Å². The molecule has 0 aliphatic heterocycles. The second-order valence-corrected chi connectivity index (χ2v) is 9.10. The van der Waals surface area contributed by atoms with Gasteiger partial charge in [0.2, 0.25) is 0 Å². The molecular weight excluding hydrogens is 344 g/mol. The molecule has 0 unspecified atom stereocenters. The lowest BCUT2D eigenvalue weighted by Crippen LogP contribution is -2.41. The van der Waals surface area contributed by atoms with Crippen LogP contribution < -0.4 is 10.3 Å². The van der Waals surface area contributed by atoms with Crippen LogP contribution in [0.1, 0.15) is 39.0 Å². The summed E-state index contributed by atoms with van der Waals surface area (Å²) in [6.07, 6.45) is 3.10. The molecule has 7 heteroatoms. The zero-order valence-electron chi connectivity index (χ0n) is 13.6. The maximum Gasteiger partial charge on any atom is 0.276 e. The van der Waals surface area contributed by atoms with Crippen LogP contribution in [0.2, 0.25) is 0 Å². The number of nitrogens with one attached hydrogen (secondary N) is 2. The number of hydrazine groups is 1. The van der Waals surface area contributed by atoms with E-state index in [1.807, 2.05) is 19.1 Å². The van der Waals surface area contributed by atoms with Crippen LogP contribution in [0.15, 0.2) is 35.2 Å². The van der Waals surface area contributed by atoms with E-state index in [4.69, 9.17) is 0 Å². The van der Waals surface area contributed by atoms with Gasteiger partial charge in [-0.25, -0.2) is 8.42 Å².